The lowest BCUT2D eigenvalue weighted by atomic mass is 10.1. The van der Waals surface area contributed by atoms with Crippen molar-refractivity contribution < 1.29 is 14.3 Å². The van der Waals surface area contributed by atoms with Gasteiger partial charge in [0.05, 0.1) is 19.8 Å². The number of nitrogens with zero attached hydrogens (tertiary/aromatic N) is 1. The quantitative estimate of drug-likeness (QED) is 0.850. The predicted molar refractivity (Wildman–Crippen MR) is 97.1 cm³/mol. The number of rotatable bonds is 4. The molecule has 2 aromatic carbocycles. The Labute approximate surface area is 146 Å². The highest BCUT2D eigenvalue weighted by Gasteiger charge is 2.27. The van der Waals surface area contributed by atoms with Crippen molar-refractivity contribution in [2.24, 2.45) is 0 Å². The first kappa shape index (κ1) is 16.7. The fourth-order valence-corrected chi connectivity index (χ4v) is 4.09. The van der Waals surface area contributed by atoms with Crippen molar-refractivity contribution in [3.63, 3.8) is 0 Å². The Bertz CT molecular complexity index is 702. The highest BCUT2D eigenvalue weighted by atomic mass is 32.2. The van der Waals surface area contributed by atoms with Crippen molar-refractivity contribution in [2.45, 2.75) is 5.25 Å². The third-order valence-electron chi connectivity index (χ3n) is 4.18. The van der Waals surface area contributed by atoms with E-state index in [0.29, 0.717) is 17.9 Å². The first-order chi connectivity index (χ1) is 11.7. The van der Waals surface area contributed by atoms with Crippen LogP contribution in [-0.4, -0.2) is 43.9 Å². The van der Waals surface area contributed by atoms with Gasteiger partial charge in [-0.25, -0.2) is 0 Å². The molecule has 1 amide bonds. The van der Waals surface area contributed by atoms with Gasteiger partial charge in [-0.3, -0.25) is 4.79 Å². The van der Waals surface area contributed by atoms with Crippen molar-refractivity contribution >= 4 is 17.7 Å². The third-order valence-corrected chi connectivity index (χ3v) is 5.42. The van der Waals surface area contributed by atoms with Crippen molar-refractivity contribution in [3.8, 4) is 11.5 Å². The second-order valence-corrected chi connectivity index (χ2v) is 6.89. The molecule has 0 N–H and O–H groups in total. The Morgan fingerprint density at radius 3 is 2.54 bits per heavy atom. The zero-order valence-corrected chi connectivity index (χ0v) is 14.7. The maximum Gasteiger partial charge on any atom is 0.257 e. The zero-order valence-electron chi connectivity index (χ0n) is 13.9. The SMILES string of the molecule is COc1ccc(C2CN(C(=O)c3ccccc3OC)CCS2)cc1. The maximum atomic E-state index is 12.9. The second-order valence-electron chi connectivity index (χ2n) is 5.58. The highest BCUT2D eigenvalue weighted by Crippen LogP contribution is 2.35. The van der Waals surface area contributed by atoms with Gasteiger partial charge in [0.15, 0.2) is 0 Å². The smallest absolute Gasteiger partial charge is 0.257 e. The Hall–Kier alpha value is -2.14. The number of ether oxygens (including phenoxy) is 2. The summed E-state index contributed by atoms with van der Waals surface area (Å²) >= 11 is 1.89. The summed E-state index contributed by atoms with van der Waals surface area (Å²) in [4.78, 5) is 14.8. The van der Waals surface area contributed by atoms with E-state index in [1.54, 1.807) is 14.2 Å². The molecule has 5 heteroatoms. The molecule has 2 aromatic rings. The van der Waals surface area contributed by atoms with Crippen LogP contribution in [0.3, 0.4) is 0 Å². The van der Waals surface area contributed by atoms with E-state index in [2.05, 4.69) is 12.1 Å². The molecular weight excluding hydrogens is 322 g/mol. The number of hydrogen-bond acceptors (Lipinski definition) is 4. The van der Waals surface area contributed by atoms with Crippen LogP contribution in [0.25, 0.3) is 0 Å². The van der Waals surface area contributed by atoms with Crippen molar-refractivity contribution in [2.75, 3.05) is 33.1 Å². The van der Waals surface area contributed by atoms with Crippen LogP contribution in [0.15, 0.2) is 48.5 Å². The summed E-state index contributed by atoms with van der Waals surface area (Å²) in [6.45, 7) is 1.46. The van der Waals surface area contributed by atoms with Crippen LogP contribution in [0.2, 0.25) is 0 Å². The average molecular weight is 343 g/mol. The van der Waals surface area contributed by atoms with E-state index in [1.165, 1.54) is 5.56 Å². The summed E-state index contributed by atoms with van der Waals surface area (Å²) in [5.74, 6) is 2.44. The van der Waals surface area contributed by atoms with Gasteiger partial charge in [-0.2, -0.15) is 11.8 Å². The van der Waals surface area contributed by atoms with E-state index < -0.39 is 0 Å². The molecule has 3 rings (SSSR count). The molecule has 1 aliphatic rings. The molecule has 24 heavy (non-hydrogen) atoms. The van der Waals surface area contributed by atoms with Crippen LogP contribution in [0.5, 0.6) is 11.5 Å². The van der Waals surface area contributed by atoms with Crippen LogP contribution in [0, 0.1) is 0 Å². The number of carbonyl (C=O) groups excluding carboxylic acids is 1. The summed E-state index contributed by atoms with van der Waals surface area (Å²) in [7, 11) is 3.26. The Kier molecular flexibility index (Phi) is 5.30. The minimum Gasteiger partial charge on any atom is -0.497 e. The largest absolute Gasteiger partial charge is 0.497 e. The summed E-state index contributed by atoms with van der Waals surface area (Å²) in [6, 6.07) is 15.5. The van der Waals surface area contributed by atoms with Crippen LogP contribution in [0.1, 0.15) is 21.2 Å². The van der Waals surface area contributed by atoms with Gasteiger partial charge in [0.1, 0.15) is 11.5 Å². The molecule has 126 valence electrons. The van der Waals surface area contributed by atoms with Gasteiger partial charge in [-0.05, 0) is 29.8 Å². The minimum atomic E-state index is 0.0336. The first-order valence-corrected chi connectivity index (χ1v) is 8.95. The average Bonchev–Trinajstić information content (AvgIpc) is 2.67. The number of para-hydroxylation sites is 1. The molecule has 4 nitrogen and oxygen atoms in total. The molecule has 1 saturated heterocycles. The summed E-state index contributed by atoms with van der Waals surface area (Å²) in [5.41, 5.74) is 1.85. The molecule has 1 unspecified atom stereocenters. The Morgan fingerprint density at radius 2 is 1.83 bits per heavy atom. The highest BCUT2D eigenvalue weighted by molar-refractivity contribution is 7.99. The molecule has 1 aliphatic heterocycles. The van der Waals surface area contributed by atoms with Gasteiger partial charge in [0.25, 0.3) is 5.91 Å². The summed E-state index contributed by atoms with van der Waals surface area (Å²) in [6.07, 6.45) is 0. The van der Waals surface area contributed by atoms with Gasteiger partial charge in [0.2, 0.25) is 0 Å². The first-order valence-electron chi connectivity index (χ1n) is 7.90. The fourth-order valence-electron chi connectivity index (χ4n) is 2.85. The third kappa shape index (κ3) is 3.51. The molecule has 0 bridgehead atoms. The molecule has 0 aromatic heterocycles. The molecular formula is C19H21NO3S. The van der Waals surface area contributed by atoms with Gasteiger partial charge in [-0.15, -0.1) is 0 Å². The molecule has 1 fully saturated rings. The lowest BCUT2D eigenvalue weighted by molar-refractivity contribution is 0.0758. The van der Waals surface area contributed by atoms with E-state index in [-0.39, 0.29) is 11.2 Å². The second kappa shape index (κ2) is 7.62. The lowest BCUT2D eigenvalue weighted by Gasteiger charge is -2.33. The summed E-state index contributed by atoms with van der Waals surface area (Å²) < 4.78 is 10.5. The van der Waals surface area contributed by atoms with Crippen LogP contribution in [-0.2, 0) is 0 Å². The van der Waals surface area contributed by atoms with Crippen LogP contribution >= 0.6 is 11.8 Å². The maximum absolute atomic E-state index is 12.9. The normalized spacial score (nSPS) is 17.4. The molecule has 0 aliphatic carbocycles. The Balaban J connectivity index is 1.76. The van der Waals surface area contributed by atoms with Gasteiger partial charge >= 0.3 is 0 Å². The number of methoxy groups -OCH3 is 2. The van der Waals surface area contributed by atoms with Gasteiger partial charge in [-0.1, -0.05) is 24.3 Å². The molecule has 1 heterocycles. The van der Waals surface area contributed by atoms with Gasteiger partial charge < -0.3 is 14.4 Å². The molecule has 0 radical (unpaired) electrons. The number of amides is 1. The predicted octanol–water partition coefficient (Wildman–Crippen LogP) is 3.63. The van der Waals surface area contributed by atoms with Crippen molar-refractivity contribution in [1.29, 1.82) is 0 Å². The van der Waals surface area contributed by atoms with E-state index in [0.717, 1.165) is 18.0 Å². The lowest BCUT2D eigenvalue weighted by Crippen LogP contribution is -2.39. The topological polar surface area (TPSA) is 38.8 Å². The zero-order chi connectivity index (χ0) is 16.9. The molecule has 0 saturated carbocycles. The van der Waals surface area contributed by atoms with Gasteiger partial charge in [0, 0.05) is 24.1 Å². The summed E-state index contributed by atoms with van der Waals surface area (Å²) in [5, 5.41) is 0.281. The van der Waals surface area contributed by atoms with E-state index in [9.17, 15) is 4.79 Å². The molecule has 0 spiro atoms. The van der Waals surface area contributed by atoms with Crippen molar-refractivity contribution in [3.05, 3.63) is 59.7 Å². The standard InChI is InChI=1S/C19H21NO3S/c1-22-15-9-7-14(8-10-15)18-13-20(11-12-24-18)19(21)16-5-3-4-6-17(16)23-2/h3-10,18H,11-13H2,1-2H3. The number of hydrogen-bond donors (Lipinski definition) is 0. The number of thioether (sulfide) groups is 1. The van der Waals surface area contributed by atoms with Crippen LogP contribution < -0.4 is 9.47 Å². The number of benzene rings is 2. The molecule has 1 atom stereocenters. The van der Waals surface area contributed by atoms with E-state index in [4.69, 9.17) is 9.47 Å². The van der Waals surface area contributed by atoms with Crippen molar-refractivity contribution in [1.82, 2.24) is 4.90 Å². The van der Waals surface area contributed by atoms with E-state index >= 15 is 0 Å². The van der Waals surface area contributed by atoms with E-state index in [1.807, 2.05) is 53.1 Å². The minimum absolute atomic E-state index is 0.0336. The fraction of sp³-hybridized carbons (Fsp3) is 0.316. The van der Waals surface area contributed by atoms with Crippen LogP contribution in [0.4, 0.5) is 0 Å². The Morgan fingerprint density at radius 1 is 1.08 bits per heavy atom. The number of carbonyl (C=O) groups is 1. The monoisotopic (exact) mass is 343 g/mol.